The van der Waals surface area contributed by atoms with Crippen LogP contribution in [0.1, 0.15) is 45.3 Å². The SMILES string of the molecule is CCCn1c(CC)nc2c(-n3ccnc3)cccc21.CCc1nc2c(-n3ccnc3)cccc2n1CCC#N. The smallest absolute Gasteiger partial charge is 0.113 e. The van der Waals surface area contributed by atoms with Crippen molar-refractivity contribution in [2.75, 3.05) is 0 Å². The summed E-state index contributed by atoms with van der Waals surface area (Å²) in [7, 11) is 0. The molecule has 0 aliphatic carbocycles. The maximum Gasteiger partial charge on any atom is 0.113 e. The molecule has 4 heterocycles. The van der Waals surface area contributed by atoms with E-state index in [1.807, 2.05) is 40.0 Å². The molecular weight excluding hydrogens is 486 g/mol. The number of benzene rings is 2. The van der Waals surface area contributed by atoms with Crippen molar-refractivity contribution in [3.05, 3.63) is 85.5 Å². The van der Waals surface area contributed by atoms with Crippen molar-refractivity contribution in [1.82, 2.24) is 38.2 Å². The lowest BCUT2D eigenvalue weighted by atomic mass is 10.2. The van der Waals surface area contributed by atoms with Crippen LogP contribution < -0.4 is 0 Å². The molecule has 0 saturated carbocycles. The summed E-state index contributed by atoms with van der Waals surface area (Å²) in [6.45, 7) is 8.15. The van der Waals surface area contributed by atoms with Gasteiger partial charge in [0.1, 0.15) is 22.7 Å². The number of hydrogen-bond donors (Lipinski definition) is 0. The molecule has 0 unspecified atom stereocenters. The van der Waals surface area contributed by atoms with Crippen LogP contribution in [-0.2, 0) is 25.9 Å². The van der Waals surface area contributed by atoms with Gasteiger partial charge in [-0.3, -0.25) is 0 Å². The largest absolute Gasteiger partial charge is 0.328 e. The minimum atomic E-state index is 0.494. The third kappa shape index (κ3) is 5.06. The highest BCUT2D eigenvalue weighted by atomic mass is 15.1. The van der Waals surface area contributed by atoms with Gasteiger partial charge < -0.3 is 18.3 Å². The number of para-hydroxylation sites is 2. The first-order valence-electron chi connectivity index (χ1n) is 13.5. The third-order valence-electron chi connectivity index (χ3n) is 6.77. The zero-order valence-corrected chi connectivity index (χ0v) is 22.7. The molecule has 6 aromatic rings. The Morgan fingerprint density at radius 2 is 1.23 bits per heavy atom. The number of aryl methyl sites for hydroxylation is 4. The summed E-state index contributed by atoms with van der Waals surface area (Å²) in [5.41, 5.74) is 6.42. The van der Waals surface area contributed by atoms with Gasteiger partial charge in [0.2, 0.25) is 0 Å². The second-order valence-corrected chi connectivity index (χ2v) is 9.20. The summed E-state index contributed by atoms with van der Waals surface area (Å²) >= 11 is 0. The number of nitriles is 1. The van der Waals surface area contributed by atoms with E-state index in [9.17, 15) is 0 Å². The molecule has 0 aliphatic rings. The molecule has 39 heavy (non-hydrogen) atoms. The van der Waals surface area contributed by atoms with Gasteiger partial charge in [0.05, 0.1) is 47.6 Å². The molecule has 0 amide bonds. The van der Waals surface area contributed by atoms with Gasteiger partial charge in [-0.2, -0.15) is 5.26 Å². The van der Waals surface area contributed by atoms with Crippen LogP contribution in [0.5, 0.6) is 0 Å². The van der Waals surface area contributed by atoms with Crippen LogP contribution in [0, 0.1) is 11.3 Å². The number of imidazole rings is 4. The molecule has 9 nitrogen and oxygen atoms in total. The van der Waals surface area contributed by atoms with Gasteiger partial charge in [-0.05, 0) is 30.7 Å². The highest BCUT2D eigenvalue weighted by molar-refractivity contribution is 5.85. The van der Waals surface area contributed by atoms with Crippen molar-refractivity contribution in [3.8, 4) is 17.4 Å². The number of aromatic nitrogens is 8. The standard InChI is InChI=1S/C15H15N5.C15H18N4/c1-2-14-18-15-12(19-10-8-17-11-19)5-3-6-13(15)20(14)9-4-7-16;1-3-9-19-13-7-5-6-12(18-10-8-16-11-18)15(13)17-14(19)4-2/h3,5-6,8,10-11H,2,4,9H2,1H3;5-8,10-11H,3-4,9H2,1-2H3. The van der Waals surface area contributed by atoms with E-state index in [0.717, 1.165) is 65.4 Å². The molecule has 9 heteroatoms. The van der Waals surface area contributed by atoms with E-state index in [0.29, 0.717) is 13.0 Å². The van der Waals surface area contributed by atoms with Crippen LogP contribution in [-0.4, -0.2) is 38.2 Å². The number of nitrogens with zero attached hydrogens (tertiary/aromatic N) is 9. The Morgan fingerprint density at radius 3 is 1.64 bits per heavy atom. The van der Waals surface area contributed by atoms with Crippen molar-refractivity contribution < 1.29 is 0 Å². The summed E-state index contributed by atoms with van der Waals surface area (Å²) < 4.78 is 8.45. The molecular formula is C30H33N9. The maximum atomic E-state index is 8.81. The highest BCUT2D eigenvalue weighted by Crippen LogP contribution is 2.25. The number of fused-ring (bicyclic) bond motifs is 2. The molecule has 0 radical (unpaired) electrons. The van der Waals surface area contributed by atoms with Gasteiger partial charge in [0.25, 0.3) is 0 Å². The van der Waals surface area contributed by atoms with Gasteiger partial charge in [0.15, 0.2) is 0 Å². The number of hydrogen-bond acceptors (Lipinski definition) is 5. The average Bonchev–Trinajstić information content (AvgIpc) is 3.78. The Morgan fingerprint density at radius 1 is 0.718 bits per heavy atom. The van der Waals surface area contributed by atoms with Crippen molar-refractivity contribution in [2.24, 2.45) is 0 Å². The Kier molecular flexibility index (Phi) is 7.83. The molecule has 0 bridgehead atoms. The van der Waals surface area contributed by atoms with E-state index < -0.39 is 0 Å². The van der Waals surface area contributed by atoms with E-state index in [2.05, 4.69) is 70.2 Å². The third-order valence-corrected chi connectivity index (χ3v) is 6.77. The first-order chi connectivity index (χ1) is 19.2. The zero-order valence-electron chi connectivity index (χ0n) is 22.7. The minimum Gasteiger partial charge on any atom is -0.328 e. The van der Waals surface area contributed by atoms with Gasteiger partial charge in [-0.25, -0.2) is 19.9 Å². The molecule has 6 rings (SSSR count). The molecule has 198 valence electrons. The lowest BCUT2D eigenvalue weighted by Gasteiger charge is -2.06. The molecule has 4 aromatic heterocycles. The Labute approximate surface area is 228 Å². The second kappa shape index (κ2) is 11.8. The molecule has 0 atom stereocenters. The number of rotatable bonds is 8. The molecule has 0 N–H and O–H groups in total. The van der Waals surface area contributed by atoms with Crippen LogP contribution in [0.3, 0.4) is 0 Å². The highest BCUT2D eigenvalue weighted by Gasteiger charge is 2.14. The minimum absolute atomic E-state index is 0.494. The van der Waals surface area contributed by atoms with Crippen LogP contribution in [0.4, 0.5) is 0 Å². The predicted octanol–water partition coefficient (Wildman–Crippen LogP) is 5.89. The molecule has 2 aromatic carbocycles. The monoisotopic (exact) mass is 519 g/mol. The maximum absolute atomic E-state index is 8.81. The van der Waals surface area contributed by atoms with E-state index in [1.165, 1.54) is 5.52 Å². The van der Waals surface area contributed by atoms with Crippen molar-refractivity contribution in [3.63, 3.8) is 0 Å². The van der Waals surface area contributed by atoms with Crippen molar-refractivity contribution in [2.45, 2.75) is 59.5 Å². The van der Waals surface area contributed by atoms with Crippen LogP contribution in [0.15, 0.2) is 73.8 Å². The Balaban J connectivity index is 0.000000158. The molecule has 0 fully saturated rings. The summed E-state index contributed by atoms with van der Waals surface area (Å²) in [4.78, 5) is 17.8. The van der Waals surface area contributed by atoms with Gasteiger partial charge >= 0.3 is 0 Å². The van der Waals surface area contributed by atoms with E-state index in [-0.39, 0.29) is 0 Å². The average molecular weight is 520 g/mol. The summed E-state index contributed by atoms with van der Waals surface area (Å²) in [6.07, 6.45) is 14.4. The lowest BCUT2D eigenvalue weighted by molar-refractivity contribution is 0.659. The zero-order chi connectivity index (χ0) is 27.2. The molecule has 0 aliphatic heterocycles. The fourth-order valence-electron chi connectivity index (χ4n) is 5.00. The molecule has 0 saturated heterocycles. The Bertz CT molecular complexity index is 1700. The van der Waals surface area contributed by atoms with Crippen LogP contribution in [0.25, 0.3) is 33.4 Å². The van der Waals surface area contributed by atoms with Crippen molar-refractivity contribution >= 4 is 22.1 Å². The first-order valence-corrected chi connectivity index (χ1v) is 13.5. The van der Waals surface area contributed by atoms with E-state index in [1.54, 1.807) is 18.7 Å². The van der Waals surface area contributed by atoms with E-state index >= 15 is 0 Å². The Hall–Kier alpha value is -4.71. The summed E-state index contributed by atoms with van der Waals surface area (Å²) in [6, 6.07) is 14.6. The normalized spacial score (nSPS) is 11.0. The fraction of sp³-hybridized carbons (Fsp3) is 0.300. The van der Waals surface area contributed by atoms with E-state index in [4.69, 9.17) is 15.2 Å². The summed E-state index contributed by atoms with van der Waals surface area (Å²) in [5, 5.41) is 8.81. The summed E-state index contributed by atoms with van der Waals surface area (Å²) in [5.74, 6) is 2.17. The van der Waals surface area contributed by atoms with Gasteiger partial charge in [0, 0.05) is 50.7 Å². The second-order valence-electron chi connectivity index (χ2n) is 9.20. The lowest BCUT2D eigenvalue weighted by Crippen LogP contribution is -2.02. The topological polar surface area (TPSA) is 95.1 Å². The first kappa shape index (κ1) is 25.9. The van der Waals surface area contributed by atoms with Gasteiger partial charge in [-0.1, -0.05) is 32.9 Å². The van der Waals surface area contributed by atoms with Crippen LogP contribution >= 0.6 is 0 Å². The molecule has 0 spiro atoms. The van der Waals surface area contributed by atoms with Crippen molar-refractivity contribution in [1.29, 1.82) is 5.26 Å². The fourth-order valence-corrected chi connectivity index (χ4v) is 5.00. The predicted molar refractivity (Wildman–Crippen MR) is 153 cm³/mol. The van der Waals surface area contributed by atoms with Crippen LogP contribution in [0.2, 0.25) is 0 Å². The van der Waals surface area contributed by atoms with Gasteiger partial charge in [-0.15, -0.1) is 0 Å². The quantitative estimate of drug-likeness (QED) is 0.250.